The quantitative estimate of drug-likeness (QED) is 0.369. The van der Waals surface area contributed by atoms with Crippen LogP contribution in [0, 0.1) is 40.5 Å². The maximum atomic E-state index is 10.6. The minimum absolute atomic E-state index is 0.795. The molecule has 0 saturated heterocycles. The number of aromatic amines is 1. The van der Waals surface area contributed by atoms with E-state index in [0.29, 0.717) is 0 Å². The SMILES string of the molecule is O=[N+]([O-])c1nc(CC([N+](=O)[O-])([N+](=O)[O-])[N+](=O)[O-])n[nH]1. The second-order valence-electron chi connectivity index (χ2n) is 3.05. The number of nitro groups is 4. The van der Waals surface area contributed by atoms with Gasteiger partial charge in [0.25, 0.3) is 5.82 Å². The number of aromatic nitrogens is 3. The van der Waals surface area contributed by atoms with Crippen molar-refractivity contribution in [3.63, 3.8) is 0 Å². The van der Waals surface area contributed by atoms with Gasteiger partial charge in [-0.25, -0.2) is 0 Å². The maximum absolute atomic E-state index is 10.6. The third-order valence-electron chi connectivity index (χ3n) is 1.97. The van der Waals surface area contributed by atoms with Crippen LogP contribution < -0.4 is 0 Å². The topological polar surface area (TPSA) is 214 Å². The summed E-state index contributed by atoms with van der Waals surface area (Å²) in [6.07, 6.45) is -1.44. The van der Waals surface area contributed by atoms with Gasteiger partial charge in [0.15, 0.2) is 14.8 Å². The summed E-state index contributed by atoms with van der Waals surface area (Å²) in [5.41, 5.74) is 0. The molecule has 0 atom stereocenters. The monoisotopic (exact) mass is 277 g/mol. The largest absolute Gasteiger partial charge is 0.708 e. The van der Waals surface area contributed by atoms with Crippen LogP contribution in [-0.4, -0.2) is 40.7 Å². The Balaban J connectivity index is 3.21. The van der Waals surface area contributed by atoms with E-state index in [1.165, 1.54) is 0 Å². The standard InChI is InChI=1S/C4H3N7O8/c12-8(13)3-5-2(6-7-3)1-4(9(14)15,10(16)17)11(18)19/h1H2,(H,5,6,7). The molecule has 15 heteroatoms. The zero-order valence-corrected chi connectivity index (χ0v) is 8.66. The smallest absolute Gasteiger partial charge is 0.390 e. The van der Waals surface area contributed by atoms with Crippen LogP contribution in [0.25, 0.3) is 0 Å². The van der Waals surface area contributed by atoms with Gasteiger partial charge in [0.05, 0.1) is 0 Å². The maximum Gasteiger partial charge on any atom is 0.708 e. The first-order valence-electron chi connectivity index (χ1n) is 4.21. The fourth-order valence-electron chi connectivity index (χ4n) is 1.05. The first kappa shape index (κ1) is 13.8. The van der Waals surface area contributed by atoms with Crippen molar-refractivity contribution in [1.82, 2.24) is 15.2 Å². The molecule has 0 spiro atoms. The first-order chi connectivity index (χ1) is 8.71. The predicted octanol–water partition coefficient (Wildman–Crippen LogP) is -1.26. The average Bonchev–Trinajstić information content (AvgIpc) is 2.72. The molecule has 0 bridgehead atoms. The first-order valence-corrected chi connectivity index (χ1v) is 4.21. The molecule has 1 rings (SSSR count). The molecule has 0 aliphatic rings. The lowest BCUT2D eigenvalue weighted by Crippen LogP contribution is -2.55. The van der Waals surface area contributed by atoms with E-state index in [-0.39, 0.29) is 0 Å². The van der Waals surface area contributed by atoms with Gasteiger partial charge in [0.2, 0.25) is 6.42 Å². The molecule has 1 aromatic rings. The third kappa shape index (κ3) is 2.23. The Morgan fingerprint density at radius 2 is 1.47 bits per heavy atom. The second kappa shape index (κ2) is 4.55. The van der Waals surface area contributed by atoms with E-state index in [2.05, 4.69) is 10.1 Å². The number of nitrogens with one attached hydrogen (secondary N) is 1. The van der Waals surface area contributed by atoms with Gasteiger partial charge < -0.3 is 10.1 Å². The van der Waals surface area contributed by atoms with E-state index in [9.17, 15) is 40.5 Å². The molecule has 0 aliphatic heterocycles. The molecular formula is C4H3N7O8. The minimum atomic E-state index is -3.80. The van der Waals surface area contributed by atoms with E-state index in [0.717, 1.165) is 0 Å². The molecule has 19 heavy (non-hydrogen) atoms. The predicted molar refractivity (Wildman–Crippen MR) is 50.5 cm³/mol. The molecule has 102 valence electrons. The Bertz CT molecular complexity index is 527. The lowest BCUT2D eigenvalue weighted by molar-refractivity contribution is -0.969. The summed E-state index contributed by atoms with van der Waals surface area (Å²) in [7, 11) is 0. The van der Waals surface area contributed by atoms with Gasteiger partial charge in [-0.3, -0.25) is 30.3 Å². The summed E-state index contributed by atoms with van der Waals surface area (Å²) in [4.78, 5) is 38.8. The molecule has 0 aliphatic carbocycles. The summed E-state index contributed by atoms with van der Waals surface area (Å²) >= 11 is 0. The zero-order chi connectivity index (χ0) is 14.8. The van der Waals surface area contributed by atoms with Crippen molar-refractivity contribution in [2.24, 2.45) is 0 Å². The number of hydrogen-bond acceptors (Lipinski definition) is 10. The Morgan fingerprint density at radius 3 is 1.79 bits per heavy atom. The molecule has 0 radical (unpaired) electrons. The lowest BCUT2D eigenvalue weighted by Gasteiger charge is -2.05. The van der Waals surface area contributed by atoms with E-state index in [4.69, 9.17) is 0 Å². The van der Waals surface area contributed by atoms with Gasteiger partial charge in [0.1, 0.15) is 0 Å². The highest BCUT2D eigenvalue weighted by Crippen LogP contribution is 2.18. The number of H-pyrrole nitrogens is 1. The molecule has 0 saturated carbocycles. The van der Waals surface area contributed by atoms with Gasteiger partial charge in [-0.2, -0.15) is 0 Å². The van der Waals surface area contributed by atoms with E-state index >= 15 is 0 Å². The third-order valence-corrected chi connectivity index (χ3v) is 1.97. The Morgan fingerprint density at radius 1 is 1.00 bits per heavy atom. The van der Waals surface area contributed by atoms with E-state index < -0.39 is 43.7 Å². The highest BCUT2D eigenvalue weighted by Gasteiger charge is 2.71. The van der Waals surface area contributed by atoms with Crippen molar-refractivity contribution in [3.8, 4) is 0 Å². The lowest BCUT2D eigenvalue weighted by atomic mass is 10.2. The van der Waals surface area contributed by atoms with E-state index in [1.54, 1.807) is 5.10 Å². The van der Waals surface area contributed by atoms with Gasteiger partial charge in [-0.15, -0.1) is 5.10 Å². The highest BCUT2D eigenvalue weighted by molar-refractivity contribution is 5.03. The van der Waals surface area contributed by atoms with Crippen molar-refractivity contribution in [2.45, 2.75) is 12.2 Å². The summed E-state index contributed by atoms with van der Waals surface area (Å²) in [6, 6.07) is 0. The van der Waals surface area contributed by atoms with Crippen LogP contribution in [0.5, 0.6) is 0 Å². The van der Waals surface area contributed by atoms with Crippen molar-refractivity contribution in [2.75, 3.05) is 0 Å². The average molecular weight is 277 g/mol. The van der Waals surface area contributed by atoms with Gasteiger partial charge >= 0.3 is 11.7 Å². The van der Waals surface area contributed by atoms with Gasteiger partial charge in [-0.05, 0) is 9.91 Å². The second-order valence-corrected chi connectivity index (χ2v) is 3.05. The van der Waals surface area contributed by atoms with E-state index in [1.807, 2.05) is 0 Å². The molecule has 15 nitrogen and oxygen atoms in total. The molecule has 0 aromatic carbocycles. The number of nitrogens with zero attached hydrogens (tertiary/aromatic N) is 6. The normalized spacial score (nSPS) is 10.9. The Labute approximate surface area is 100 Å². The zero-order valence-electron chi connectivity index (χ0n) is 8.66. The van der Waals surface area contributed by atoms with Crippen LogP contribution in [0.2, 0.25) is 0 Å². The van der Waals surface area contributed by atoms with Crippen molar-refractivity contribution < 1.29 is 19.7 Å². The van der Waals surface area contributed by atoms with Crippen molar-refractivity contribution >= 4 is 5.95 Å². The molecule has 1 aromatic heterocycles. The fourth-order valence-corrected chi connectivity index (χ4v) is 1.05. The van der Waals surface area contributed by atoms with Gasteiger partial charge in [-0.1, -0.05) is 5.10 Å². The van der Waals surface area contributed by atoms with Crippen LogP contribution in [0.15, 0.2) is 0 Å². The van der Waals surface area contributed by atoms with Crippen molar-refractivity contribution in [3.05, 3.63) is 46.3 Å². The summed E-state index contributed by atoms with van der Waals surface area (Å²) in [5, 5.41) is 46.8. The fraction of sp³-hybridized carbons (Fsp3) is 0.500. The number of hydrogen-bond donors (Lipinski definition) is 1. The van der Waals surface area contributed by atoms with Crippen LogP contribution >= 0.6 is 0 Å². The summed E-state index contributed by atoms with van der Waals surface area (Å²) in [6.45, 7) is 0. The molecule has 0 fully saturated rings. The number of rotatable bonds is 6. The summed E-state index contributed by atoms with van der Waals surface area (Å²) < 4.78 is 0. The summed E-state index contributed by atoms with van der Waals surface area (Å²) in [5.74, 6) is -5.54. The van der Waals surface area contributed by atoms with Crippen LogP contribution in [0.3, 0.4) is 0 Å². The molecule has 1 N–H and O–H groups in total. The highest BCUT2D eigenvalue weighted by atomic mass is 16.7. The van der Waals surface area contributed by atoms with Gasteiger partial charge in [0, 0.05) is 0 Å². The molecule has 1 heterocycles. The molecule has 0 amide bonds. The molecular weight excluding hydrogens is 274 g/mol. The Kier molecular flexibility index (Phi) is 3.30. The van der Waals surface area contributed by atoms with Crippen molar-refractivity contribution in [1.29, 1.82) is 0 Å². The Hall–Kier alpha value is -3.26. The molecule has 0 unspecified atom stereocenters. The van der Waals surface area contributed by atoms with Crippen LogP contribution in [-0.2, 0) is 6.42 Å². The van der Waals surface area contributed by atoms with Crippen LogP contribution in [0.4, 0.5) is 5.95 Å². The van der Waals surface area contributed by atoms with Crippen LogP contribution in [0.1, 0.15) is 5.82 Å². The minimum Gasteiger partial charge on any atom is -0.390 e.